The number of carbonyl (C=O) groups is 2. The number of fused-ring (bicyclic) bond motifs is 1. The Hall–Kier alpha value is -1.49. The predicted octanol–water partition coefficient (Wildman–Crippen LogP) is 2.96. The van der Waals surface area contributed by atoms with Gasteiger partial charge in [0.2, 0.25) is 0 Å². The number of amides is 2. The summed E-state index contributed by atoms with van der Waals surface area (Å²) < 4.78 is 13.2. The zero-order chi connectivity index (χ0) is 14.0. The van der Waals surface area contributed by atoms with Gasteiger partial charge < -0.3 is 0 Å². The van der Waals surface area contributed by atoms with Crippen LogP contribution in [0, 0.1) is 0 Å². The maximum atomic E-state index is 13.2. The van der Waals surface area contributed by atoms with Gasteiger partial charge in [-0.15, -0.1) is 0 Å². The van der Waals surface area contributed by atoms with E-state index in [4.69, 9.17) is 0 Å². The molecule has 0 spiro atoms. The summed E-state index contributed by atoms with van der Waals surface area (Å²) in [5, 5.41) is 0.576. The average molecular weight is 326 g/mol. The molecule has 0 radical (unpaired) electrons. The van der Waals surface area contributed by atoms with Crippen LogP contribution in [0.1, 0.15) is 27.6 Å². The highest BCUT2D eigenvalue weighted by Crippen LogP contribution is 2.25. The minimum atomic E-state index is -0.843. The van der Waals surface area contributed by atoms with Gasteiger partial charge in [-0.3, -0.25) is 14.5 Å². The first-order valence-corrected chi connectivity index (χ1v) is 6.98. The molecule has 0 saturated heterocycles. The van der Waals surface area contributed by atoms with Crippen molar-refractivity contribution >= 4 is 27.7 Å². The Morgan fingerprint density at radius 3 is 2.26 bits per heavy atom. The molecule has 1 atom stereocenters. The average Bonchev–Trinajstić information content (AvgIpc) is 2.69. The largest absolute Gasteiger partial charge is 0.269 e. The maximum absolute atomic E-state index is 13.2. The highest BCUT2D eigenvalue weighted by Gasteiger charge is 2.38. The van der Waals surface area contributed by atoms with E-state index in [1.807, 2.05) is 6.92 Å². The number of carbonyl (C=O) groups excluding carboxylic acids is 2. The second-order valence-electron chi connectivity index (χ2n) is 4.39. The lowest BCUT2D eigenvalue weighted by atomic mass is 10.1. The van der Waals surface area contributed by atoms with Gasteiger partial charge in [0.1, 0.15) is 6.67 Å². The number of hydrogen-bond donors (Lipinski definition) is 0. The van der Waals surface area contributed by atoms with Gasteiger partial charge in [-0.05, 0) is 19.1 Å². The van der Waals surface area contributed by atoms with Crippen LogP contribution in [0.2, 0.25) is 0 Å². The number of alkyl halides is 2. The van der Waals surface area contributed by atoms with E-state index in [-0.39, 0.29) is 0 Å². The monoisotopic (exact) mass is 325 g/mol. The first kappa shape index (κ1) is 13.9. The summed E-state index contributed by atoms with van der Waals surface area (Å²) in [7, 11) is 0. The highest BCUT2D eigenvalue weighted by atomic mass is 79.9. The fraction of sp³-hybridized carbons (Fsp3) is 0.286. The number of nitrogens with zero attached hydrogens (tertiary/aromatic N) is 1. The molecule has 0 aromatic heterocycles. The fourth-order valence-corrected chi connectivity index (χ4v) is 2.26. The first-order valence-electron chi connectivity index (χ1n) is 5.86. The molecule has 0 N–H and O–H groups in total. The summed E-state index contributed by atoms with van der Waals surface area (Å²) in [6, 6.07) is 5.72. The van der Waals surface area contributed by atoms with E-state index in [2.05, 4.69) is 15.9 Å². The fourth-order valence-electron chi connectivity index (χ4n) is 2.07. The summed E-state index contributed by atoms with van der Waals surface area (Å²) in [6.07, 6.45) is 1.61. The van der Waals surface area contributed by atoms with Gasteiger partial charge in [0.25, 0.3) is 11.8 Å². The number of benzene rings is 1. The molecule has 1 aliphatic rings. The van der Waals surface area contributed by atoms with Gasteiger partial charge in [0.15, 0.2) is 0 Å². The quantitative estimate of drug-likeness (QED) is 0.485. The van der Waals surface area contributed by atoms with Crippen LogP contribution in [0.3, 0.4) is 0 Å². The van der Waals surface area contributed by atoms with E-state index >= 15 is 0 Å². The molecule has 1 aliphatic heterocycles. The van der Waals surface area contributed by atoms with E-state index < -0.39 is 24.5 Å². The van der Waals surface area contributed by atoms with Crippen molar-refractivity contribution < 1.29 is 14.0 Å². The Kier molecular flexibility index (Phi) is 4.14. The van der Waals surface area contributed by atoms with E-state index in [1.165, 1.54) is 0 Å². The summed E-state index contributed by atoms with van der Waals surface area (Å²) in [6.45, 7) is 1.03. The highest BCUT2D eigenvalue weighted by molar-refractivity contribution is 9.09. The summed E-state index contributed by atoms with van der Waals surface area (Å²) in [4.78, 5) is 25.3. The van der Waals surface area contributed by atoms with Crippen molar-refractivity contribution in [1.82, 2.24) is 4.90 Å². The number of rotatable bonds is 4. The molecule has 2 amide bonds. The third kappa shape index (κ3) is 2.47. The molecule has 1 unspecified atom stereocenters. The molecule has 0 fully saturated rings. The van der Waals surface area contributed by atoms with Gasteiger partial charge in [0.05, 0.1) is 17.2 Å². The molecule has 0 saturated carbocycles. The molecule has 3 nitrogen and oxygen atoms in total. The molecule has 1 heterocycles. The summed E-state index contributed by atoms with van der Waals surface area (Å²) in [5.41, 5.74) is 1.56. The second kappa shape index (κ2) is 5.65. The van der Waals surface area contributed by atoms with E-state index in [0.717, 1.165) is 10.5 Å². The Labute approximate surface area is 119 Å². The Morgan fingerprint density at radius 1 is 1.32 bits per heavy atom. The SMILES string of the molecule is C/C(=C\C(CF)N1C(=O)c2ccccc2C1=O)CBr. The minimum absolute atomic E-state index is 0.343. The van der Waals surface area contributed by atoms with Gasteiger partial charge in [-0.2, -0.15) is 0 Å². The van der Waals surface area contributed by atoms with Gasteiger partial charge >= 0.3 is 0 Å². The minimum Gasteiger partial charge on any atom is -0.269 e. The van der Waals surface area contributed by atoms with Crippen molar-refractivity contribution in [2.24, 2.45) is 0 Å². The van der Waals surface area contributed by atoms with Crippen LogP contribution in [0.25, 0.3) is 0 Å². The van der Waals surface area contributed by atoms with Gasteiger partial charge in [-0.1, -0.05) is 39.7 Å². The molecule has 100 valence electrons. The van der Waals surface area contributed by atoms with Gasteiger partial charge in [0, 0.05) is 5.33 Å². The number of imide groups is 1. The molecule has 0 bridgehead atoms. The third-order valence-corrected chi connectivity index (χ3v) is 3.89. The smallest absolute Gasteiger partial charge is 0.262 e. The molecule has 19 heavy (non-hydrogen) atoms. The van der Waals surface area contributed by atoms with Crippen molar-refractivity contribution in [2.75, 3.05) is 12.0 Å². The van der Waals surface area contributed by atoms with Crippen LogP contribution in [-0.2, 0) is 0 Å². The van der Waals surface area contributed by atoms with Crippen LogP contribution in [-0.4, -0.2) is 34.8 Å². The van der Waals surface area contributed by atoms with Crippen LogP contribution >= 0.6 is 15.9 Å². The van der Waals surface area contributed by atoms with Crippen LogP contribution in [0.4, 0.5) is 4.39 Å². The van der Waals surface area contributed by atoms with Crippen molar-refractivity contribution in [3.63, 3.8) is 0 Å². The normalized spacial score (nSPS) is 16.8. The number of allylic oxidation sites excluding steroid dienone is 1. The van der Waals surface area contributed by atoms with E-state index in [0.29, 0.717) is 16.5 Å². The lowest BCUT2D eigenvalue weighted by molar-refractivity contribution is 0.0596. The van der Waals surface area contributed by atoms with E-state index in [9.17, 15) is 14.0 Å². The van der Waals surface area contributed by atoms with Crippen molar-refractivity contribution in [3.05, 3.63) is 47.0 Å². The van der Waals surface area contributed by atoms with Crippen molar-refractivity contribution in [2.45, 2.75) is 13.0 Å². The number of halogens is 2. The summed E-state index contributed by atoms with van der Waals surface area (Å²) >= 11 is 3.26. The predicted molar refractivity (Wildman–Crippen MR) is 74.3 cm³/mol. The Morgan fingerprint density at radius 2 is 1.84 bits per heavy atom. The van der Waals surface area contributed by atoms with Crippen molar-refractivity contribution in [1.29, 1.82) is 0 Å². The molecule has 1 aromatic carbocycles. The summed E-state index contributed by atoms with van der Waals surface area (Å²) in [5.74, 6) is -0.858. The lowest BCUT2D eigenvalue weighted by Crippen LogP contribution is -2.40. The van der Waals surface area contributed by atoms with Crippen LogP contribution in [0.5, 0.6) is 0 Å². The zero-order valence-electron chi connectivity index (χ0n) is 10.4. The standard InChI is InChI=1S/C14H13BrFNO2/c1-9(7-15)6-10(8-16)17-13(18)11-4-2-3-5-12(11)14(17)19/h2-6,10H,7-8H2,1H3/b9-6+. The molecular formula is C14H13BrFNO2. The molecule has 2 rings (SSSR count). The Bertz CT molecular complexity index is 521. The molecule has 5 heteroatoms. The first-order chi connectivity index (χ1) is 9.10. The maximum Gasteiger partial charge on any atom is 0.262 e. The number of hydrogen-bond acceptors (Lipinski definition) is 2. The van der Waals surface area contributed by atoms with Crippen LogP contribution < -0.4 is 0 Å². The topological polar surface area (TPSA) is 37.4 Å². The molecular weight excluding hydrogens is 313 g/mol. The van der Waals surface area contributed by atoms with Gasteiger partial charge in [-0.25, -0.2) is 4.39 Å². The van der Waals surface area contributed by atoms with Crippen LogP contribution in [0.15, 0.2) is 35.9 Å². The zero-order valence-corrected chi connectivity index (χ0v) is 12.0. The Balaban J connectivity index is 2.38. The lowest BCUT2D eigenvalue weighted by Gasteiger charge is -2.21. The third-order valence-electron chi connectivity index (χ3n) is 3.00. The second-order valence-corrected chi connectivity index (χ2v) is 4.95. The molecule has 0 aliphatic carbocycles. The van der Waals surface area contributed by atoms with E-state index in [1.54, 1.807) is 30.3 Å². The van der Waals surface area contributed by atoms with Crippen molar-refractivity contribution in [3.8, 4) is 0 Å². The molecule has 1 aromatic rings.